The number of nitrogens with zero attached hydrogens (tertiary/aromatic N) is 1. The van der Waals surface area contributed by atoms with Crippen molar-refractivity contribution < 1.29 is 0 Å². The van der Waals surface area contributed by atoms with E-state index in [1.54, 1.807) is 0 Å². The Kier molecular flexibility index (Phi) is 15.4. The summed E-state index contributed by atoms with van der Waals surface area (Å²) in [5.41, 5.74) is 0. The molecular weight excluding hydrogens is 146 g/mol. The number of hydrogen-bond donors (Lipinski definition) is 0. The molecule has 0 spiro atoms. The van der Waals surface area contributed by atoms with Gasteiger partial charge >= 0.3 is 0 Å². The van der Waals surface area contributed by atoms with Gasteiger partial charge in [-0.2, -0.15) is 0 Å². The highest BCUT2D eigenvalue weighted by Crippen LogP contribution is 1.86. The van der Waals surface area contributed by atoms with Crippen molar-refractivity contribution >= 4 is 11.6 Å². The second kappa shape index (κ2) is 12.0. The molecule has 0 fully saturated rings. The summed E-state index contributed by atoms with van der Waals surface area (Å²) < 4.78 is 0. The van der Waals surface area contributed by atoms with E-state index in [2.05, 4.69) is 18.7 Å². The molecule has 0 radical (unpaired) electrons. The molecule has 0 aromatic carbocycles. The predicted octanol–water partition coefficient (Wildman–Crippen LogP) is 2.59. The van der Waals surface area contributed by atoms with Gasteiger partial charge in [-0.15, -0.1) is 11.6 Å². The van der Waals surface area contributed by atoms with Crippen molar-refractivity contribution in [1.82, 2.24) is 4.90 Å². The maximum atomic E-state index is 5.51. The lowest BCUT2D eigenvalue weighted by molar-refractivity contribution is 0.323. The van der Waals surface area contributed by atoms with E-state index in [1.165, 1.54) is 0 Å². The van der Waals surface area contributed by atoms with Crippen LogP contribution in [0.2, 0.25) is 0 Å². The number of halogens is 1. The summed E-state index contributed by atoms with van der Waals surface area (Å²) in [6.45, 7) is 11.5. The van der Waals surface area contributed by atoms with Gasteiger partial charge in [0.05, 0.1) is 0 Å². The predicted molar refractivity (Wildman–Crippen MR) is 49.9 cm³/mol. The molecule has 10 heavy (non-hydrogen) atoms. The van der Waals surface area contributed by atoms with E-state index in [1.807, 2.05) is 13.8 Å². The van der Waals surface area contributed by atoms with E-state index in [0.717, 1.165) is 25.5 Å². The van der Waals surface area contributed by atoms with Crippen LogP contribution >= 0.6 is 11.6 Å². The highest BCUT2D eigenvalue weighted by atomic mass is 35.5. The minimum absolute atomic E-state index is 0.752. The molecule has 0 aliphatic rings. The summed E-state index contributed by atoms with van der Waals surface area (Å²) in [5.74, 6) is 0.752. The molecule has 0 aliphatic carbocycles. The van der Waals surface area contributed by atoms with Crippen LogP contribution in [0.4, 0.5) is 0 Å². The van der Waals surface area contributed by atoms with Crippen LogP contribution in [0.15, 0.2) is 0 Å². The van der Waals surface area contributed by atoms with Crippen molar-refractivity contribution in [3.63, 3.8) is 0 Å². The molecule has 0 atom stereocenters. The number of hydrogen-bond acceptors (Lipinski definition) is 1. The molecule has 0 saturated heterocycles. The van der Waals surface area contributed by atoms with Gasteiger partial charge in [-0.3, -0.25) is 0 Å². The van der Waals surface area contributed by atoms with Gasteiger partial charge in [0.1, 0.15) is 0 Å². The first-order chi connectivity index (χ1) is 4.85. The van der Waals surface area contributed by atoms with Crippen LogP contribution in [-0.4, -0.2) is 30.4 Å². The second-order valence-corrected chi connectivity index (χ2v) is 2.09. The van der Waals surface area contributed by atoms with Gasteiger partial charge in [0, 0.05) is 12.4 Å². The highest BCUT2D eigenvalue weighted by Gasteiger charge is 1.93. The zero-order valence-corrected chi connectivity index (χ0v) is 8.41. The van der Waals surface area contributed by atoms with Gasteiger partial charge in [-0.1, -0.05) is 27.7 Å². The van der Waals surface area contributed by atoms with Gasteiger partial charge < -0.3 is 4.90 Å². The van der Waals surface area contributed by atoms with E-state index < -0.39 is 0 Å². The highest BCUT2D eigenvalue weighted by molar-refractivity contribution is 6.18. The van der Waals surface area contributed by atoms with Crippen molar-refractivity contribution in [2.24, 2.45) is 0 Å². The summed E-state index contributed by atoms with van der Waals surface area (Å²) in [4.78, 5) is 2.30. The van der Waals surface area contributed by atoms with Gasteiger partial charge in [-0.05, 0) is 13.1 Å². The van der Waals surface area contributed by atoms with Crippen LogP contribution in [0.1, 0.15) is 27.7 Å². The van der Waals surface area contributed by atoms with Gasteiger partial charge in [0.15, 0.2) is 0 Å². The molecule has 0 unspecified atom stereocenters. The van der Waals surface area contributed by atoms with E-state index >= 15 is 0 Å². The average Bonchev–Trinajstić information content (AvgIpc) is 2.04. The van der Waals surface area contributed by atoms with Crippen LogP contribution in [-0.2, 0) is 0 Å². The van der Waals surface area contributed by atoms with Crippen LogP contribution in [0.5, 0.6) is 0 Å². The minimum Gasteiger partial charge on any atom is -0.303 e. The fourth-order valence-electron chi connectivity index (χ4n) is 0.659. The Labute approximate surface area is 70.4 Å². The Hall–Kier alpha value is 0.250. The molecule has 0 bridgehead atoms. The lowest BCUT2D eigenvalue weighted by atomic mass is 10.5. The molecule has 1 nitrogen and oxygen atoms in total. The summed E-state index contributed by atoms with van der Waals surface area (Å²) in [7, 11) is 0. The first-order valence-corrected chi connectivity index (χ1v) is 4.66. The van der Waals surface area contributed by atoms with E-state index in [9.17, 15) is 0 Å². The molecule has 2 heteroatoms. The molecule has 0 saturated carbocycles. The summed E-state index contributed by atoms with van der Waals surface area (Å²) in [5, 5.41) is 0. The Balaban J connectivity index is 0. The third-order valence-corrected chi connectivity index (χ3v) is 1.46. The van der Waals surface area contributed by atoms with Crippen molar-refractivity contribution in [3.05, 3.63) is 0 Å². The summed E-state index contributed by atoms with van der Waals surface area (Å²) in [6, 6.07) is 0. The fourth-order valence-corrected chi connectivity index (χ4v) is 0.898. The maximum absolute atomic E-state index is 5.51. The van der Waals surface area contributed by atoms with Crippen molar-refractivity contribution in [3.8, 4) is 0 Å². The zero-order chi connectivity index (χ0) is 8.41. The van der Waals surface area contributed by atoms with Crippen molar-refractivity contribution in [1.29, 1.82) is 0 Å². The molecule has 0 aliphatic heterocycles. The molecule has 0 amide bonds. The second-order valence-electron chi connectivity index (χ2n) is 1.72. The average molecular weight is 166 g/mol. The number of alkyl halides is 1. The Morgan fingerprint density at radius 1 is 1.10 bits per heavy atom. The quantitative estimate of drug-likeness (QED) is 0.579. The van der Waals surface area contributed by atoms with Crippen LogP contribution in [0.3, 0.4) is 0 Å². The Morgan fingerprint density at radius 3 is 1.60 bits per heavy atom. The molecule has 0 N–H and O–H groups in total. The van der Waals surface area contributed by atoms with Crippen LogP contribution < -0.4 is 0 Å². The van der Waals surface area contributed by atoms with E-state index in [0.29, 0.717) is 0 Å². The van der Waals surface area contributed by atoms with Gasteiger partial charge in [-0.25, -0.2) is 0 Å². The molecule has 0 aromatic rings. The van der Waals surface area contributed by atoms with E-state index in [4.69, 9.17) is 11.6 Å². The minimum atomic E-state index is 0.752. The first kappa shape index (κ1) is 12.9. The normalized spacial score (nSPS) is 9.00. The van der Waals surface area contributed by atoms with Gasteiger partial charge in [0.25, 0.3) is 0 Å². The monoisotopic (exact) mass is 165 g/mol. The smallest absolute Gasteiger partial charge is 0.0351 e. The lowest BCUT2D eigenvalue weighted by Crippen LogP contribution is -2.24. The summed E-state index contributed by atoms with van der Waals surface area (Å²) in [6.07, 6.45) is 0. The Morgan fingerprint density at radius 2 is 1.50 bits per heavy atom. The lowest BCUT2D eigenvalue weighted by Gasteiger charge is -2.14. The molecule has 0 rings (SSSR count). The first-order valence-electron chi connectivity index (χ1n) is 4.13. The zero-order valence-electron chi connectivity index (χ0n) is 7.65. The largest absolute Gasteiger partial charge is 0.303 e. The summed E-state index contributed by atoms with van der Waals surface area (Å²) >= 11 is 5.51. The standard InChI is InChI=1S/C6H14ClN.C2H6/c1-3-8(4-2)6-5-7;1-2/h3-6H2,1-2H3;1-2H3. The third kappa shape index (κ3) is 8.25. The van der Waals surface area contributed by atoms with Crippen molar-refractivity contribution in [2.75, 3.05) is 25.5 Å². The SMILES string of the molecule is CC.CCN(CC)CCCl. The van der Waals surface area contributed by atoms with Gasteiger partial charge in [0.2, 0.25) is 0 Å². The fraction of sp³-hybridized carbons (Fsp3) is 1.00. The topological polar surface area (TPSA) is 3.24 Å². The molecular formula is C8H20ClN. The molecule has 0 heterocycles. The van der Waals surface area contributed by atoms with Crippen LogP contribution in [0.25, 0.3) is 0 Å². The third-order valence-electron chi connectivity index (χ3n) is 1.30. The maximum Gasteiger partial charge on any atom is 0.0351 e. The number of rotatable bonds is 4. The van der Waals surface area contributed by atoms with Crippen LogP contribution in [0, 0.1) is 0 Å². The molecule has 0 aromatic heterocycles. The van der Waals surface area contributed by atoms with E-state index in [-0.39, 0.29) is 0 Å². The Bertz CT molecular complexity index is 44.5. The molecule has 64 valence electrons. The van der Waals surface area contributed by atoms with Crippen molar-refractivity contribution in [2.45, 2.75) is 27.7 Å².